The van der Waals surface area contributed by atoms with Gasteiger partial charge in [-0.15, -0.1) is 0 Å². The lowest BCUT2D eigenvalue weighted by atomic mass is 9.98. The molecule has 14 atom stereocenters. The van der Waals surface area contributed by atoms with E-state index in [1.165, 1.54) is 0 Å². The Bertz CT molecular complexity index is 663. The Morgan fingerprint density at radius 3 is 2.00 bits per heavy atom. The van der Waals surface area contributed by atoms with Crippen LogP contribution in [0.3, 0.4) is 0 Å². The van der Waals surface area contributed by atoms with Crippen molar-refractivity contribution in [2.45, 2.75) is 86.0 Å². The van der Waals surface area contributed by atoms with Crippen molar-refractivity contribution >= 4 is 5.97 Å². The average Bonchev–Trinajstić information content (AvgIpc) is 2.77. The number of aliphatic hydroxyl groups is 9. The van der Waals surface area contributed by atoms with E-state index in [9.17, 15) is 50.8 Å². The number of hydrogen-bond acceptors (Lipinski definition) is 15. The van der Waals surface area contributed by atoms with Gasteiger partial charge in [0.1, 0.15) is 61.0 Å². The van der Waals surface area contributed by atoms with Gasteiger partial charge in [0.2, 0.25) is 0 Å². The first kappa shape index (κ1) is 26.5. The maximum atomic E-state index is 11.1. The van der Waals surface area contributed by atoms with E-state index >= 15 is 0 Å². The zero-order valence-corrected chi connectivity index (χ0v) is 16.9. The van der Waals surface area contributed by atoms with Crippen molar-refractivity contribution in [2.24, 2.45) is 0 Å². The quantitative estimate of drug-likeness (QED) is 0.166. The fourth-order valence-corrected chi connectivity index (χ4v) is 3.72. The van der Waals surface area contributed by atoms with Gasteiger partial charge in [-0.25, -0.2) is 4.79 Å². The van der Waals surface area contributed by atoms with E-state index in [1.807, 2.05) is 0 Å². The van der Waals surface area contributed by atoms with Crippen LogP contribution in [-0.2, 0) is 28.5 Å². The molecule has 16 nitrogen and oxygen atoms in total. The number of ether oxygens (including phenoxy) is 5. The van der Waals surface area contributed by atoms with Crippen LogP contribution in [0.2, 0.25) is 0 Å². The molecule has 3 heterocycles. The molecular weight excluding hydrogens is 460 g/mol. The van der Waals surface area contributed by atoms with Gasteiger partial charge in [-0.05, 0) is 0 Å². The van der Waals surface area contributed by atoms with Crippen molar-refractivity contribution in [3.63, 3.8) is 0 Å². The summed E-state index contributed by atoms with van der Waals surface area (Å²) in [5, 5.41) is 98.8. The van der Waals surface area contributed by atoms with Crippen LogP contribution in [0.25, 0.3) is 0 Å². The molecule has 10 N–H and O–H groups in total. The number of carbonyl (C=O) groups is 1. The highest BCUT2D eigenvalue weighted by atomic mass is 16.8. The minimum atomic E-state index is -2.06. The molecule has 0 aliphatic carbocycles. The molecule has 0 aromatic heterocycles. The van der Waals surface area contributed by atoms with Gasteiger partial charge >= 0.3 is 5.97 Å². The fraction of sp³-hybridized carbons (Fsp3) is 0.941. The normalized spacial score (nSPS) is 51.3. The predicted molar refractivity (Wildman–Crippen MR) is 95.8 cm³/mol. The van der Waals surface area contributed by atoms with Gasteiger partial charge in [-0.1, -0.05) is 0 Å². The summed E-state index contributed by atoms with van der Waals surface area (Å²) >= 11 is 0. The van der Waals surface area contributed by atoms with Crippen LogP contribution in [0.4, 0.5) is 0 Å². The number of carboxylic acid groups (broad SMARTS) is 1. The molecule has 0 spiro atoms. The smallest absolute Gasteiger partial charge is 0.335 e. The Morgan fingerprint density at radius 1 is 0.758 bits per heavy atom. The van der Waals surface area contributed by atoms with E-state index in [1.54, 1.807) is 0 Å². The highest BCUT2D eigenvalue weighted by Gasteiger charge is 2.52. The molecule has 0 bridgehead atoms. The molecule has 192 valence electrons. The third-order valence-corrected chi connectivity index (χ3v) is 5.67. The maximum absolute atomic E-state index is 11.1. The Labute approximate surface area is 185 Å². The molecular formula is C17H28O16. The molecule has 33 heavy (non-hydrogen) atoms. The first-order valence-electron chi connectivity index (χ1n) is 9.99. The summed E-state index contributed by atoms with van der Waals surface area (Å²) in [4.78, 5) is 11.1. The highest BCUT2D eigenvalue weighted by Crippen LogP contribution is 2.30. The number of hydrogen-bond donors (Lipinski definition) is 10. The molecule has 0 amide bonds. The van der Waals surface area contributed by atoms with Gasteiger partial charge in [0.05, 0.1) is 13.2 Å². The molecule has 3 saturated heterocycles. The minimum Gasteiger partial charge on any atom is -0.479 e. The standard InChI is InChI=1S/C17H28O16/c18-1-4-6(21)7(22)10(25)16(30-4)33-13-5(20)3(19)2-29-17(13)32-12-9(24)8(23)11(14(26)27)31-15(12)28/h3-13,15-25,28H,1-2H2,(H,26,27)/t3-,4+,5-,6+,7-,8-,9-,10+,11-,12+,13+,15+,16-,17-/m0/s1. The van der Waals surface area contributed by atoms with Gasteiger partial charge < -0.3 is 74.7 Å². The van der Waals surface area contributed by atoms with Crippen molar-refractivity contribution in [1.82, 2.24) is 0 Å². The molecule has 0 unspecified atom stereocenters. The molecule has 3 aliphatic heterocycles. The summed E-state index contributed by atoms with van der Waals surface area (Å²) in [5.74, 6) is -1.66. The van der Waals surface area contributed by atoms with E-state index in [2.05, 4.69) is 0 Å². The Balaban J connectivity index is 1.76. The van der Waals surface area contributed by atoms with Crippen molar-refractivity contribution in [3.8, 4) is 0 Å². The van der Waals surface area contributed by atoms with Crippen LogP contribution in [0, 0.1) is 0 Å². The van der Waals surface area contributed by atoms with E-state index in [4.69, 9.17) is 28.8 Å². The predicted octanol–water partition coefficient (Wildman–Crippen LogP) is -6.84. The summed E-state index contributed by atoms with van der Waals surface area (Å²) < 4.78 is 26.0. The zero-order valence-electron chi connectivity index (χ0n) is 16.9. The van der Waals surface area contributed by atoms with Crippen LogP contribution in [0.5, 0.6) is 0 Å². The molecule has 3 fully saturated rings. The summed E-state index contributed by atoms with van der Waals surface area (Å²) in [6.07, 6.45) is -25.0. The molecule has 0 aromatic carbocycles. The van der Waals surface area contributed by atoms with Crippen LogP contribution in [0.1, 0.15) is 0 Å². The Morgan fingerprint density at radius 2 is 1.39 bits per heavy atom. The second-order valence-corrected chi connectivity index (χ2v) is 7.93. The van der Waals surface area contributed by atoms with Gasteiger partial charge in [-0.3, -0.25) is 0 Å². The lowest BCUT2D eigenvalue weighted by Gasteiger charge is -2.46. The number of aliphatic carboxylic acids is 1. The number of aliphatic hydroxyl groups excluding tert-OH is 9. The van der Waals surface area contributed by atoms with Crippen LogP contribution in [-0.4, -0.2) is 156 Å². The van der Waals surface area contributed by atoms with Gasteiger partial charge in [0, 0.05) is 0 Å². The van der Waals surface area contributed by atoms with Crippen molar-refractivity contribution < 1.29 is 79.5 Å². The fourth-order valence-electron chi connectivity index (χ4n) is 3.72. The lowest BCUT2D eigenvalue weighted by Crippen LogP contribution is -2.65. The molecule has 16 heteroatoms. The third-order valence-electron chi connectivity index (χ3n) is 5.67. The SMILES string of the molecule is O=C(O)[C@H]1O[C@@H](O)[C@H](O[C@@H]2OC[C@H](O)[C@H](O)[C@H]2O[C@@H]2O[C@H](CO)[C@@H](O)[C@H](O)[C@H]2O)[C@@H](O)[C@@H]1O. The molecule has 0 radical (unpaired) electrons. The van der Waals surface area contributed by atoms with E-state index in [0.29, 0.717) is 0 Å². The molecule has 3 rings (SSSR count). The monoisotopic (exact) mass is 488 g/mol. The van der Waals surface area contributed by atoms with Gasteiger partial charge in [0.25, 0.3) is 0 Å². The van der Waals surface area contributed by atoms with Crippen molar-refractivity contribution in [2.75, 3.05) is 13.2 Å². The summed E-state index contributed by atoms with van der Waals surface area (Å²) in [6, 6.07) is 0. The first-order chi connectivity index (χ1) is 15.5. The summed E-state index contributed by atoms with van der Waals surface area (Å²) in [5.41, 5.74) is 0. The molecule has 0 aromatic rings. The van der Waals surface area contributed by atoms with Crippen LogP contribution >= 0.6 is 0 Å². The number of rotatable bonds is 6. The van der Waals surface area contributed by atoms with E-state index < -0.39 is 105 Å². The highest BCUT2D eigenvalue weighted by molar-refractivity contribution is 5.73. The Hall–Kier alpha value is -1.09. The average molecular weight is 488 g/mol. The topological polar surface area (TPSA) is 266 Å². The zero-order chi connectivity index (χ0) is 24.6. The third kappa shape index (κ3) is 5.29. The van der Waals surface area contributed by atoms with Crippen molar-refractivity contribution in [1.29, 1.82) is 0 Å². The summed E-state index contributed by atoms with van der Waals surface area (Å²) in [7, 11) is 0. The minimum absolute atomic E-state index is 0.513. The second-order valence-electron chi connectivity index (χ2n) is 7.93. The molecule has 0 saturated carbocycles. The largest absolute Gasteiger partial charge is 0.479 e. The van der Waals surface area contributed by atoms with E-state index in [-0.39, 0.29) is 0 Å². The maximum Gasteiger partial charge on any atom is 0.335 e. The summed E-state index contributed by atoms with van der Waals surface area (Å²) in [6.45, 7) is -1.28. The second kappa shape index (κ2) is 10.7. The molecule has 3 aliphatic rings. The lowest BCUT2D eigenvalue weighted by molar-refractivity contribution is -0.379. The van der Waals surface area contributed by atoms with Crippen LogP contribution < -0.4 is 0 Å². The van der Waals surface area contributed by atoms with Gasteiger partial charge in [-0.2, -0.15) is 0 Å². The van der Waals surface area contributed by atoms with E-state index in [0.717, 1.165) is 0 Å². The van der Waals surface area contributed by atoms with Crippen molar-refractivity contribution in [3.05, 3.63) is 0 Å². The Kier molecular flexibility index (Phi) is 8.57. The van der Waals surface area contributed by atoms with Gasteiger partial charge in [0.15, 0.2) is 25.0 Å². The number of carboxylic acids is 1. The first-order valence-corrected chi connectivity index (χ1v) is 9.99. The van der Waals surface area contributed by atoms with Crippen LogP contribution in [0.15, 0.2) is 0 Å².